The highest BCUT2D eigenvalue weighted by Crippen LogP contribution is 2.27. The van der Waals surface area contributed by atoms with Crippen LogP contribution in [0.3, 0.4) is 0 Å². The van der Waals surface area contributed by atoms with Crippen LogP contribution in [0.15, 0.2) is 30.3 Å². The Balaban J connectivity index is 1.86. The third kappa shape index (κ3) is 2.58. The van der Waals surface area contributed by atoms with Crippen molar-refractivity contribution < 1.29 is 9.59 Å². The van der Waals surface area contributed by atoms with Gasteiger partial charge in [-0.05, 0) is 6.42 Å². The summed E-state index contributed by atoms with van der Waals surface area (Å²) in [6, 6.07) is 9.56. The summed E-state index contributed by atoms with van der Waals surface area (Å²) in [5.74, 6) is 0.990. The third-order valence-corrected chi connectivity index (χ3v) is 4.23. The predicted octanol–water partition coefficient (Wildman–Crippen LogP) is 0.366. The van der Waals surface area contributed by atoms with E-state index in [-0.39, 0.29) is 18.4 Å². The number of nitrogens with one attached hydrogen (secondary N) is 2. The van der Waals surface area contributed by atoms with Crippen molar-refractivity contribution >= 4 is 17.6 Å². The van der Waals surface area contributed by atoms with Gasteiger partial charge in [0.2, 0.25) is 5.91 Å². The number of hydrogen-bond donors (Lipinski definition) is 2. The van der Waals surface area contributed by atoms with Crippen LogP contribution in [0.4, 0.5) is 5.82 Å². The molecule has 1 aromatic carbocycles. The van der Waals surface area contributed by atoms with Gasteiger partial charge in [-0.25, -0.2) is 9.97 Å². The minimum atomic E-state index is -0.182. The summed E-state index contributed by atoms with van der Waals surface area (Å²) in [6.45, 7) is 2.06. The van der Waals surface area contributed by atoms with E-state index in [0.717, 1.165) is 11.1 Å². The van der Waals surface area contributed by atoms with Crippen molar-refractivity contribution in [2.45, 2.75) is 6.42 Å². The number of carbonyl (C=O) groups is 2. The second-order valence-corrected chi connectivity index (χ2v) is 5.84. The normalized spacial score (nSPS) is 17.1. The van der Waals surface area contributed by atoms with Gasteiger partial charge in [-0.15, -0.1) is 0 Å². The number of aromatic nitrogens is 2. The van der Waals surface area contributed by atoms with Gasteiger partial charge in [-0.1, -0.05) is 30.3 Å². The highest BCUT2D eigenvalue weighted by Gasteiger charge is 2.28. The van der Waals surface area contributed by atoms with E-state index in [1.807, 2.05) is 35.2 Å². The second-order valence-electron chi connectivity index (χ2n) is 5.84. The molecule has 0 bridgehead atoms. The molecule has 2 aliphatic heterocycles. The SMILES string of the molecule is O=C1CN(c2nc(-c3ccccc3)nc3c2CCNC3=O)CCN1. The molecule has 4 rings (SSSR count). The van der Waals surface area contributed by atoms with E-state index in [1.54, 1.807) is 0 Å². The molecule has 3 heterocycles. The number of amides is 2. The van der Waals surface area contributed by atoms with Gasteiger partial charge >= 0.3 is 0 Å². The first kappa shape index (κ1) is 14.6. The third-order valence-electron chi connectivity index (χ3n) is 4.23. The van der Waals surface area contributed by atoms with Crippen LogP contribution in [-0.2, 0) is 11.2 Å². The van der Waals surface area contributed by atoms with Crippen molar-refractivity contribution in [3.05, 3.63) is 41.6 Å². The van der Waals surface area contributed by atoms with Crippen molar-refractivity contribution in [2.24, 2.45) is 0 Å². The maximum atomic E-state index is 12.3. The number of anilines is 1. The fourth-order valence-corrected chi connectivity index (χ4v) is 3.07. The molecule has 2 amide bonds. The van der Waals surface area contributed by atoms with Crippen LogP contribution in [0.2, 0.25) is 0 Å². The molecule has 2 N–H and O–H groups in total. The minimum absolute atomic E-state index is 0.0323. The second kappa shape index (κ2) is 5.92. The van der Waals surface area contributed by atoms with Crippen molar-refractivity contribution in [2.75, 3.05) is 31.1 Å². The number of nitrogens with zero attached hydrogens (tertiary/aromatic N) is 3. The zero-order valence-electron chi connectivity index (χ0n) is 13.1. The van der Waals surface area contributed by atoms with Gasteiger partial charge in [-0.2, -0.15) is 0 Å². The van der Waals surface area contributed by atoms with E-state index in [2.05, 4.69) is 15.6 Å². The monoisotopic (exact) mass is 323 g/mol. The summed E-state index contributed by atoms with van der Waals surface area (Å²) in [5, 5.41) is 5.64. The molecule has 0 radical (unpaired) electrons. The van der Waals surface area contributed by atoms with Crippen LogP contribution in [-0.4, -0.2) is 48.0 Å². The van der Waals surface area contributed by atoms with Crippen LogP contribution in [0.1, 0.15) is 16.1 Å². The Kier molecular flexibility index (Phi) is 3.60. The summed E-state index contributed by atoms with van der Waals surface area (Å²) >= 11 is 0. The Bertz CT molecular complexity index is 806. The molecule has 7 heteroatoms. The molecule has 1 aromatic heterocycles. The van der Waals surface area contributed by atoms with Crippen molar-refractivity contribution in [3.63, 3.8) is 0 Å². The lowest BCUT2D eigenvalue weighted by Crippen LogP contribution is -2.49. The largest absolute Gasteiger partial charge is 0.353 e. The molecule has 0 unspecified atom stereocenters. The molecule has 0 atom stereocenters. The molecule has 122 valence electrons. The molecule has 1 fully saturated rings. The molecule has 24 heavy (non-hydrogen) atoms. The number of carbonyl (C=O) groups excluding carboxylic acids is 2. The highest BCUT2D eigenvalue weighted by atomic mass is 16.2. The average molecular weight is 323 g/mol. The van der Waals surface area contributed by atoms with Crippen molar-refractivity contribution in [1.82, 2.24) is 20.6 Å². The number of piperazine rings is 1. The molecule has 0 aliphatic carbocycles. The molecule has 2 aromatic rings. The zero-order valence-corrected chi connectivity index (χ0v) is 13.1. The first-order valence-corrected chi connectivity index (χ1v) is 7.98. The van der Waals surface area contributed by atoms with Crippen LogP contribution in [0, 0.1) is 0 Å². The van der Waals surface area contributed by atoms with Gasteiger partial charge in [0, 0.05) is 30.8 Å². The standard InChI is InChI=1S/C17H17N5O2/c23-13-10-22(9-8-18-13)16-12-6-7-19-17(24)14(12)20-15(21-16)11-4-2-1-3-5-11/h1-5H,6-10H2,(H,18,23)(H,19,24). The van der Waals surface area contributed by atoms with Gasteiger partial charge in [0.05, 0.1) is 6.54 Å². The van der Waals surface area contributed by atoms with E-state index in [9.17, 15) is 9.59 Å². The summed E-state index contributed by atoms with van der Waals surface area (Å²) in [7, 11) is 0. The molecular weight excluding hydrogens is 306 g/mol. The van der Waals surface area contributed by atoms with Crippen LogP contribution in [0.5, 0.6) is 0 Å². The molecular formula is C17H17N5O2. The van der Waals surface area contributed by atoms with Crippen LogP contribution >= 0.6 is 0 Å². The van der Waals surface area contributed by atoms with Gasteiger partial charge < -0.3 is 15.5 Å². The number of rotatable bonds is 2. The lowest BCUT2D eigenvalue weighted by Gasteiger charge is -2.31. The fourth-order valence-electron chi connectivity index (χ4n) is 3.07. The molecule has 0 spiro atoms. The summed E-state index contributed by atoms with van der Waals surface area (Å²) in [6.07, 6.45) is 0.670. The fraction of sp³-hybridized carbons (Fsp3) is 0.294. The summed E-state index contributed by atoms with van der Waals surface area (Å²) < 4.78 is 0. The lowest BCUT2D eigenvalue weighted by atomic mass is 10.0. The first-order valence-electron chi connectivity index (χ1n) is 7.98. The van der Waals surface area contributed by atoms with Crippen molar-refractivity contribution in [3.8, 4) is 11.4 Å². The molecule has 2 aliphatic rings. The quantitative estimate of drug-likeness (QED) is 0.833. The van der Waals surface area contributed by atoms with Crippen LogP contribution in [0.25, 0.3) is 11.4 Å². The Morgan fingerprint density at radius 3 is 2.62 bits per heavy atom. The Hall–Kier alpha value is -2.96. The summed E-state index contributed by atoms with van der Waals surface area (Å²) in [5.41, 5.74) is 2.09. The molecule has 1 saturated heterocycles. The first-order chi connectivity index (χ1) is 11.7. The van der Waals surface area contributed by atoms with E-state index >= 15 is 0 Å². The zero-order chi connectivity index (χ0) is 16.5. The number of benzene rings is 1. The van der Waals surface area contributed by atoms with Crippen LogP contribution < -0.4 is 15.5 Å². The Labute approximate surface area is 139 Å². The molecule has 7 nitrogen and oxygen atoms in total. The lowest BCUT2D eigenvalue weighted by molar-refractivity contribution is -0.120. The van der Waals surface area contributed by atoms with E-state index in [1.165, 1.54) is 0 Å². The Morgan fingerprint density at radius 2 is 1.83 bits per heavy atom. The van der Waals surface area contributed by atoms with Gasteiger partial charge in [0.15, 0.2) is 5.82 Å². The minimum Gasteiger partial charge on any atom is -0.353 e. The predicted molar refractivity (Wildman–Crippen MR) is 88.7 cm³/mol. The molecule has 0 saturated carbocycles. The van der Waals surface area contributed by atoms with E-state index in [4.69, 9.17) is 4.98 Å². The summed E-state index contributed by atoms with van der Waals surface area (Å²) in [4.78, 5) is 35.2. The Morgan fingerprint density at radius 1 is 1.00 bits per heavy atom. The topological polar surface area (TPSA) is 87.2 Å². The highest BCUT2D eigenvalue weighted by molar-refractivity contribution is 5.97. The van der Waals surface area contributed by atoms with E-state index in [0.29, 0.717) is 43.4 Å². The average Bonchev–Trinajstić information content (AvgIpc) is 2.62. The maximum absolute atomic E-state index is 12.3. The maximum Gasteiger partial charge on any atom is 0.270 e. The van der Waals surface area contributed by atoms with E-state index < -0.39 is 0 Å². The van der Waals surface area contributed by atoms with Gasteiger partial charge in [0.25, 0.3) is 5.91 Å². The van der Waals surface area contributed by atoms with Gasteiger partial charge in [0.1, 0.15) is 11.5 Å². The number of fused-ring (bicyclic) bond motifs is 1. The van der Waals surface area contributed by atoms with Crippen molar-refractivity contribution in [1.29, 1.82) is 0 Å². The number of hydrogen-bond acceptors (Lipinski definition) is 5. The smallest absolute Gasteiger partial charge is 0.270 e. The van der Waals surface area contributed by atoms with Gasteiger partial charge in [-0.3, -0.25) is 9.59 Å².